The van der Waals surface area contributed by atoms with E-state index in [9.17, 15) is 5.11 Å². The van der Waals surface area contributed by atoms with Crippen LogP contribution < -0.4 is 5.73 Å². The van der Waals surface area contributed by atoms with Gasteiger partial charge in [-0.2, -0.15) is 0 Å². The largest absolute Gasteiger partial charge is 0.508 e. The number of hydrogen-bond donors (Lipinski definition) is 2. The van der Waals surface area contributed by atoms with Crippen molar-refractivity contribution in [1.82, 2.24) is 0 Å². The minimum absolute atomic E-state index is 0.125. The van der Waals surface area contributed by atoms with Gasteiger partial charge in [0.25, 0.3) is 0 Å². The molecule has 2 rings (SSSR count). The Morgan fingerprint density at radius 3 is 2.60 bits per heavy atom. The minimum atomic E-state index is 0.125. The monoisotopic (exact) mass is 205 g/mol. The van der Waals surface area contributed by atoms with Crippen molar-refractivity contribution in [3.63, 3.8) is 0 Å². The van der Waals surface area contributed by atoms with Crippen molar-refractivity contribution in [2.45, 2.75) is 25.7 Å². The summed E-state index contributed by atoms with van der Waals surface area (Å²) in [4.78, 5) is 0. The molecular weight excluding hydrogens is 186 g/mol. The first kappa shape index (κ1) is 10.5. The van der Waals surface area contributed by atoms with Crippen LogP contribution in [0.1, 0.15) is 25.8 Å². The molecule has 1 aliphatic rings. The summed E-state index contributed by atoms with van der Waals surface area (Å²) in [5, 5.41) is 9.91. The first-order valence-electron chi connectivity index (χ1n) is 5.61. The minimum Gasteiger partial charge on any atom is -0.508 e. The molecule has 82 valence electrons. The number of para-hydroxylation sites is 1. The Morgan fingerprint density at radius 1 is 1.47 bits per heavy atom. The highest BCUT2D eigenvalue weighted by atomic mass is 16.3. The molecule has 0 bridgehead atoms. The van der Waals surface area contributed by atoms with E-state index >= 15 is 0 Å². The van der Waals surface area contributed by atoms with E-state index in [-0.39, 0.29) is 5.41 Å². The number of hydrogen-bond acceptors (Lipinski definition) is 2. The molecule has 1 saturated carbocycles. The van der Waals surface area contributed by atoms with Gasteiger partial charge in [-0.3, -0.25) is 0 Å². The molecule has 1 aliphatic carbocycles. The lowest BCUT2D eigenvalue weighted by atomic mass is 9.82. The summed E-state index contributed by atoms with van der Waals surface area (Å²) in [6.07, 6.45) is 1.11. The molecule has 0 radical (unpaired) electrons. The molecule has 2 unspecified atom stereocenters. The van der Waals surface area contributed by atoms with E-state index in [0.29, 0.717) is 24.1 Å². The Bertz CT molecular complexity index is 361. The quantitative estimate of drug-likeness (QED) is 0.795. The van der Waals surface area contributed by atoms with Crippen molar-refractivity contribution in [2.24, 2.45) is 17.6 Å². The molecule has 2 atom stereocenters. The molecule has 1 fully saturated rings. The van der Waals surface area contributed by atoms with Crippen LogP contribution in [0, 0.1) is 11.8 Å². The summed E-state index contributed by atoms with van der Waals surface area (Å²) >= 11 is 0. The summed E-state index contributed by atoms with van der Waals surface area (Å²) < 4.78 is 0. The molecule has 3 N–H and O–H groups in total. The van der Waals surface area contributed by atoms with Gasteiger partial charge in [0.15, 0.2) is 0 Å². The summed E-state index contributed by atoms with van der Waals surface area (Å²) in [6.45, 7) is 5.14. The molecule has 0 saturated heterocycles. The molecule has 15 heavy (non-hydrogen) atoms. The van der Waals surface area contributed by atoms with Crippen molar-refractivity contribution in [3.05, 3.63) is 29.8 Å². The number of rotatable bonds is 3. The van der Waals surface area contributed by atoms with Gasteiger partial charge < -0.3 is 10.8 Å². The number of nitrogens with two attached hydrogens (primary N) is 1. The molecule has 0 aliphatic heterocycles. The van der Waals surface area contributed by atoms with E-state index in [1.54, 1.807) is 6.07 Å². The Morgan fingerprint density at radius 2 is 2.13 bits per heavy atom. The average molecular weight is 205 g/mol. The molecule has 0 aromatic heterocycles. The van der Waals surface area contributed by atoms with Gasteiger partial charge in [-0.15, -0.1) is 0 Å². The van der Waals surface area contributed by atoms with Gasteiger partial charge >= 0.3 is 0 Å². The lowest BCUT2D eigenvalue weighted by Gasteiger charge is -2.23. The zero-order chi connectivity index (χ0) is 11.1. The second-order valence-corrected chi connectivity index (χ2v) is 4.85. The van der Waals surface area contributed by atoms with Crippen LogP contribution in [0.5, 0.6) is 5.75 Å². The van der Waals surface area contributed by atoms with Gasteiger partial charge in [0, 0.05) is 11.0 Å². The first-order valence-corrected chi connectivity index (χ1v) is 5.61. The Balaban J connectivity index is 2.40. The predicted molar refractivity (Wildman–Crippen MR) is 61.8 cm³/mol. The zero-order valence-electron chi connectivity index (χ0n) is 9.40. The highest BCUT2D eigenvalue weighted by molar-refractivity contribution is 5.44. The summed E-state index contributed by atoms with van der Waals surface area (Å²) in [7, 11) is 0. The van der Waals surface area contributed by atoms with Crippen LogP contribution in [-0.2, 0) is 5.41 Å². The van der Waals surface area contributed by atoms with Crippen LogP contribution in [0.4, 0.5) is 0 Å². The Hall–Kier alpha value is -1.02. The van der Waals surface area contributed by atoms with Crippen molar-refractivity contribution in [3.8, 4) is 5.75 Å². The maximum absolute atomic E-state index is 9.91. The van der Waals surface area contributed by atoms with E-state index in [1.165, 1.54) is 0 Å². The number of aromatic hydroxyl groups is 1. The smallest absolute Gasteiger partial charge is 0.119 e. The SMILES string of the molecule is CC(C)C1(c2ccccc2O)CC1CN. The Kier molecular flexibility index (Phi) is 2.47. The number of benzene rings is 1. The third kappa shape index (κ3) is 1.44. The van der Waals surface area contributed by atoms with Crippen molar-refractivity contribution in [1.29, 1.82) is 0 Å². The number of phenolic OH excluding ortho intramolecular Hbond substituents is 1. The lowest BCUT2D eigenvalue weighted by molar-refractivity contribution is 0.405. The third-order valence-electron chi connectivity index (χ3n) is 3.87. The summed E-state index contributed by atoms with van der Waals surface area (Å²) in [5.41, 5.74) is 6.96. The molecular formula is C13H19NO. The third-order valence-corrected chi connectivity index (χ3v) is 3.87. The van der Waals surface area contributed by atoms with E-state index in [4.69, 9.17) is 5.73 Å². The summed E-state index contributed by atoms with van der Waals surface area (Å²) in [5.74, 6) is 1.48. The second kappa shape index (κ2) is 3.53. The highest BCUT2D eigenvalue weighted by Crippen LogP contribution is 2.60. The van der Waals surface area contributed by atoms with E-state index in [0.717, 1.165) is 12.0 Å². The zero-order valence-corrected chi connectivity index (χ0v) is 9.40. The second-order valence-electron chi connectivity index (χ2n) is 4.85. The normalized spacial score (nSPS) is 29.5. The predicted octanol–water partition coefficient (Wildman–Crippen LogP) is 2.26. The molecule has 2 nitrogen and oxygen atoms in total. The van der Waals surface area contributed by atoms with Gasteiger partial charge in [0.2, 0.25) is 0 Å². The fraction of sp³-hybridized carbons (Fsp3) is 0.538. The van der Waals surface area contributed by atoms with E-state index in [2.05, 4.69) is 13.8 Å². The topological polar surface area (TPSA) is 46.2 Å². The average Bonchev–Trinajstić information content (AvgIpc) is 2.94. The fourth-order valence-corrected chi connectivity index (χ4v) is 2.86. The van der Waals surface area contributed by atoms with Crippen LogP contribution in [0.3, 0.4) is 0 Å². The standard InChI is InChI=1S/C13H19NO/c1-9(2)13(7-10(13)8-14)11-5-3-4-6-12(11)15/h3-6,9-10,15H,7-8,14H2,1-2H3. The fourth-order valence-electron chi connectivity index (χ4n) is 2.86. The molecule has 1 aromatic carbocycles. The first-order chi connectivity index (χ1) is 7.13. The molecule has 2 heteroatoms. The summed E-state index contributed by atoms with van der Waals surface area (Å²) in [6, 6.07) is 7.66. The van der Waals surface area contributed by atoms with Gasteiger partial charge in [0.1, 0.15) is 5.75 Å². The molecule has 0 heterocycles. The van der Waals surface area contributed by atoms with Crippen LogP contribution in [-0.4, -0.2) is 11.7 Å². The van der Waals surface area contributed by atoms with E-state index < -0.39 is 0 Å². The molecule has 0 spiro atoms. The Labute approximate surface area is 91.1 Å². The lowest BCUT2D eigenvalue weighted by Crippen LogP contribution is -2.21. The van der Waals surface area contributed by atoms with Crippen LogP contribution in [0.25, 0.3) is 0 Å². The molecule has 1 aromatic rings. The maximum atomic E-state index is 9.91. The van der Waals surface area contributed by atoms with Crippen molar-refractivity contribution >= 4 is 0 Å². The van der Waals surface area contributed by atoms with Gasteiger partial charge in [-0.05, 0) is 30.9 Å². The molecule has 0 amide bonds. The van der Waals surface area contributed by atoms with Gasteiger partial charge in [0.05, 0.1) is 0 Å². The highest BCUT2D eigenvalue weighted by Gasteiger charge is 2.57. The van der Waals surface area contributed by atoms with Crippen molar-refractivity contribution in [2.75, 3.05) is 6.54 Å². The van der Waals surface area contributed by atoms with Crippen LogP contribution in [0.15, 0.2) is 24.3 Å². The van der Waals surface area contributed by atoms with Crippen LogP contribution >= 0.6 is 0 Å². The van der Waals surface area contributed by atoms with Gasteiger partial charge in [-0.25, -0.2) is 0 Å². The maximum Gasteiger partial charge on any atom is 0.119 e. The number of phenols is 1. The van der Waals surface area contributed by atoms with Crippen molar-refractivity contribution < 1.29 is 5.11 Å². The van der Waals surface area contributed by atoms with E-state index in [1.807, 2.05) is 18.2 Å². The van der Waals surface area contributed by atoms with Crippen LogP contribution in [0.2, 0.25) is 0 Å². The van der Waals surface area contributed by atoms with Gasteiger partial charge in [-0.1, -0.05) is 32.0 Å².